The first-order chi connectivity index (χ1) is 7.33. The molecule has 1 fully saturated rings. The van der Waals surface area contributed by atoms with Gasteiger partial charge in [0, 0.05) is 30.7 Å². The lowest BCUT2D eigenvalue weighted by Crippen LogP contribution is -2.18. The molecule has 1 atom stereocenters. The SMILES string of the molecule is CCC1CCN(c2ncc(CNC)s2)C1. The molecule has 0 aromatic carbocycles. The van der Waals surface area contributed by atoms with Crippen molar-refractivity contribution in [3.8, 4) is 0 Å². The Morgan fingerprint density at radius 2 is 2.53 bits per heavy atom. The largest absolute Gasteiger partial charge is 0.348 e. The first kappa shape index (κ1) is 10.9. The number of nitrogens with one attached hydrogen (secondary N) is 1. The van der Waals surface area contributed by atoms with Crippen LogP contribution in [-0.4, -0.2) is 25.1 Å². The summed E-state index contributed by atoms with van der Waals surface area (Å²) in [6.07, 6.45) is 4.62. The molecule has 0 bridgehead atoms. The number of hydrogen-bond donors (Lipinski definition) is 1. The highest BCUT2D eigenvalue weighted by Crippen LogP contribution is 2.28. The van der Waals surface area contributed by atoms with Gasteiger partial charge in [-0.1, -0.05) is 13.3 Å². The summed E-state index contributed by atoms with van der Waals surface area (Å²) in [7, 11) is 1.97. The molecule has 2 heterocycles. The molecule has 0 amide bonds. The first-order valence-corrected chi connectivity index (χ1v) is 6.49. The van der Waals surface area contributed by atoms with Crippen LogP contribution in [0.2, 0.25) is 0 Å². The molecule has 1 saturated heterocycles. The molecule has 0 radical (unpaired) electrons. The van der Waals surface area contributed by atoms with Gasteiger partial charge in [-0.3, -0.25) is 0 Å². The van der Waals surface area contributed by atoms with Crippen LogP contribution >= 0.6 is 11.3 Å². The van der Waals surface area contributed by atoms with Crippen molar-refractivity contribution in [2.45, 2.75) is 26.3 Å². The van der Waals surface area contributed by atoms with Gasteiger partial charge in [-0.25, -0.2) is 4.98 Å². The lowest BCUT2D eigenvalue weighted by molar-refractivity contribution is 0.569. The Morgan fingerprint density at radius 1 is 1.67 bits per heavy atom. The molecule has 0 spiro atoms. The van der Waals surface area contributed by atoms with Crippen molar-refractivity contribution in [1.82, 2.24) is 10.3 Å². The summed E-state index contributed by atoms with van der Waals surface area (Å²) >= 11 is 1.82. The predicted molar refractivity (Wildman–Crippen MR) is 65.5 cm³/mol. The highest BCUT2D eigenvalue weighted by atomic mass is 32.1. The molecule has 2 rings (SSSR count). The summed E-state index contributed by atoms with van der Waals surface area (Å²) in [6.45, 7) is 5.60. The van der Waals surface area contributed by atoms with Crippen molar-refractivity contribution >= 4 is 16.5 Å². The minimum absolute atomic E-state index is 0.877. The lowest BCUT2D eigenvalue weighted by atomic mass is 10.1. The zero-order valence-electron chi connectivity index (χ0n) is 9.49. The summed E-state index contributed by atoms with van der Waals surface area (Å²) in [4.78, 5) is 8.24. The van der Waals surface area contributed by atoms with Crippen LogP contribution in [0.4, 0.5) is 5.13 Å². The monoisotopic (exact) mass is 225 g/mol. The predicted octanol–water partition coefficient (Wildman–Crippen LogP) is 2.10. The summed E-state index contributed by atoms with van der Waals surface area (Å²) in [5.74, 6) is 0.877. The summed E-state index contributed by atoms with van der Waals surface area (Å²) in [6, 6.07) is 0. The Labute approximate surface area is 95.5 Å². The van der Waals surface area contributed by atoms with E-state index in [-0.39, 0.29) is 0 Å². The van der Waals surface area contributed by atoms with Gasteiger partial charge in [0.05, 0.1) is 0 Å². The van der Waals surface area contributed by atoms with Crippen LogP contribution in [0.3, 0.4) is 0 Å². The molecule has 4 heteroatoms. The van der Waals surface area contributed by atoms with E-state index in [0.29, 0.717) is 0 Å². The average molecular weight is 225 g/mol. The molecule has 1 aromatic rings. The summed E-state index contributed by atoms with van der Waals surface area (Å²) in [5, 5.41) is 4.36. The van der Waals surface area contributed by atoms with Crippen LogP contribution in [-0.2, 0) is 6.54 Å². The number of rotatable bonds is 4. The summed E-state index contributed by atoms with van der Waals surface area (Å²) in [5.41, 5.74) is 0. The smallest absolute Gasteiger partial charge is 0.185 e. The molecule has 0 saturated carbocycles. The Hall–Kier alpha value is -0.610. The zero-order chi connectivity index (χ0) is 10.7. The normalized spacial score (nSPS) is 21.2. The molecule has 1 N–H and O–H groups in total. The zero-order valence-corrected chi connectivity index (χ0v) is 10.3. The van der Waals surface area contributed by atoms with Crippen molar-refractivity contribution in [2.24, 2.45) is 5.92 Å². The Kier molecular flexibility index (Phi) is 3.59. The van der Waals surface area contributed by atoms with Gasteiger partial charge >= 0.3 is 0 Å². The number of thiazole rings is 1. The molecule has 1 aromatic heterocycles. The third kappa shape index (κ3) is 2.49. The number of hydrogen-bond acceptors (Lipinski definition) is 4. The van der Waals surface area contributed by atoms with Crippen LogP contribution in [0, 0.1) is 5.92 Å². The van der Waals surface area contributed by atoms with E-state index in [1.165, 1.54) is 35.9 Å². The number of anilines is 1. The second-order valence-electron chi connectivity index (χ2n) is 4.15. The molecule has 1 unspecified atom stereocenters. The van der Waals surface area contributed by atoms with Crippen LogP contribution in [0.25, 0.3) is 0 Å². The molecule has 84 valence electrons. The topological polar surface area (TPSA) is 28.2 Å². The first-order valence-electron chi connectivity index (χ1n) is 5.67. The maximum absolute atomic E-state index is 4.49. The minimum Gasteiger partial charge on any atom is -0.348 e. The maximum Gasteiger partial charge on any atom is 0.185 e. The van der Waals surface area contributed by atoms with Crippen LogP contribution in [0.1, 0.15) is 24.6 Å². The quantitative estimate of drug-likeness (QED) is 0.850. The highest BCUT2D eigenvalue weighted by molar-refractivity contribution is 7.15. The second kappa shape index (κ2) is 4.94. The minimum atomic E-state index is 0.877. The summed E-state index contributed by atoms with van der Waals surface area (Å²) < 4.78 is 0. The van der Waals surface area contributed by atoms with E-state index in [9.17, 15) is 0 Å². The number of nitrogens with zero attached hydrogens (tertiary/aromatic N) is 2. The van der Waals surface area contributed by atoms with E-state index in [0.717, 1.165) is 12.5 Å². The highest BCUT2D eigenvalue weighted by Gasteiger charge is 2.22. The molecule has 1 aliphatic rings. The van der Waals surface area contributed by atoms with E-state index >= 15 is 0 Å². The van der Waals surface area contributed by atoms with Gasteiger partial charge in [0.25, 0.3) is 0 Å². The maximum atomic E-state index is 4.49. The van der Waals surface area contributed by atoms with Gasteiger partial charge in [-0.05, 0) is 19.4 Å². The fraction of sp³-hybridized carbons (Fsp3) is 0.727. The van der Waals surface area contributed by atoms with E-state index in [4.69, 9.17) is 0 Å². The van der Waals surface area contributed by atoms with Crippen molar-refractivity contribution in [3.63, 3.8) is 0 Å². The van der Waals surface area contributed by atoms with Crippen molar-refractivity contribution in [1.29, 1.82) is 0 Å². The molecule has 3 nitrogen and oxygen atoms in total. The van der Waals surface area contributed by atoms with Crippen LogP contribution in [0.5, 0.6) is 0 Å². The van der Waals surface area contributed by atoms with Gasteiger partial charge in [-0.15, -0.1) is 11.3 Å². The van der Waals surface area contributed by atoms with E-state index in [1.807, 2.05) is 24.6 Å². The van der Waals surface area contributed by atoms with Gasteiger partial charge < -0.3 is 10.2 Å². The molecular weight excluding hydrogens is 206 g/mol. The standard InChI is InChI=1S/C11H19N3S/c1-3-9-4-5-14(8-9)11-13-7-10(15-11)6-12-2/h7,9,12H,3-6,8H2,1-2H3. The second-order valence-corrected chi connectivity index (χ2v) is 5.24. The van der Waals surface area contributed by atoms with Crippen molar-refractivity contribution in [2.75, 3.05) is 25.0 Å². The molecule has 15 heavy (non-hydrogen) atoms. The molecule has 1 aliphatic heterocycles. The number of aromatic nitrogens is 1. The van der Waals surface area contributed by atoms with E-state index < -0.39 is 0 Å². The van der Waals surface area contributed by atoms with E-state index in [1.54, 1.807) is 0 Å². The van der Waals surface area contributed by atoms with Gasteiger partial charge in [-0.2, -0.15) is 0 Å². The van der Waals surface area contributed by atoms with Gasteiger partial charge in [0.1, 0.15) is 0 Å². The fourth-order valence-corrected chi connectivity index (χ4v) is 3.00. The molecule has 0 aliphatic carbocycles. The third-order valence-corrected chi connectivity index (χ3v) is 4.08. The fourth-order valence-electron chi connectivity index (χ4n) is 2.04. The van der Waals surface area contributed by atoms with Gasteiger partial charge in [0.15, 0.2) is 5.13 Å². The third-order valence-electron chi connectivity index (χ3n) is 3.03. The van der Waals surface area contributed by atoms with Crippen molar-refractivity contribution < 1.29 is 0 Å². The van der Waals surface area contributed by atoms with Crippen molar-refractivity contribution in [3.05, 3.63) is 11.1 Å². The molecular formula is C11H19N3S. The Morgan fingerprint density at radius 3 is 3.20 bits per heavy atom. The Balaban J connectivity index is 1.97. The Bertz CT molecular complexity index is 311. The average Bonchev–Trinajstić information content (AvgIpc) is 2.85. The van der Waals surface area contributed by atoms with Gasteiger partial charge in [0.2, 0.25) is 0 Å². The van der Waals surface area contributed by atoms with Crippen LogP contribution in [0.15, 0.2) is 6.20 Å². The lowest BCUT2D eigenvalue weighted by Gasteiger charge is -2.13. The van der Waals surface area contributed by atoms with Crippen LogP contribution < -0.4 is 10.2 Å². The van der Waals surface area contributed by atoms with E-state index in [2.05, 4.69) is 22.1 Å².